The molecule has 1 atom stereocenters. The van der Waals surface area contributed by atoms with E-state index in [1.165, 1.54) is 6.07 Å². The molecule has 0 aliphatic carbocycles. The number of nitrogens with zero attached hydrogens (tertiary/aromatic N) is 2. The van der Waals surface area contributed by atoms with Crippen LogP contribution in [-0.4, -0.2) is 58.9 Å². The van der Waals surface area contributed by atoms with Gasteiger partial charge in [0.25, 0.3) is 5.91 Å². The Balaban J connectivity index is 1.54. The molecule has 1 aromatic heterocycles. The van der Waals surface area contributed by atoms with E-state index in [1.807, 2.05) is 4.90 Å². The first kappa shape index (κ1) is 15.0. The van der Waals surface area contributed by atoms with E-state index in [1.54, 1.807) is 23.1 Å². The second-order valence-corrected chi connectivity index (χ2v) is 6.36. The van der Waals surface area contributed by atoms with Crippen LogP contribution in [0, 0.1) is 5.82 Å². The number of amides is 3. The zero-order valence-corrected chi connectivity index (χ0v) is 13.2. The molecule has 0 saturated carbocycles. The first-order valence-corrected chi connectivity index (χ1v) is 8.24. The average molecular weight is 330 g/mol. The highest BCUT2D eigenvalue weighted by molar-refractivity contribution is 5.98. The number of carbonyl (C=O) groups is 2. The summed E-state index contributed by atoms with van der Waals surface area (Å²) < 4.78 is 13.8. The Morgan fingerprint density at radius 3 is 2.92 bits per heavy atom. The van der Waals surface area contributed by atoms with Crippen molar-refractivity contribution in [2.24, 2.45) is 0 Å². The van der Waals surface area contributed by atoms with E-state index < -0.39 is 0 Å². The molecule has 2 fully saturated rings. The molecular weight excluding hydrogens is 311 g/mol. The number of halogens is 1. The molecule has 3 amide bonds. The molecule has 7 heteroatoms. The van der Waals surface area contributed by atoms with E-state index >= 15 is 0 Å². The zero-order chi connectivity index (χ0) is 16.7. The summed E-state index contributed by atoms with van der Waals surface area (Å²) in [5.41, 5.74) is 1.01. The first-order valence-electron chi connectivity index (χ1n) is 8.24. The fourth-order valence-corrected chi connectivity index (χ4v) is 3.63. The lowest BCUT2D eigenvalue weighted by atomic mass is 10.0. The monoisotopic (exact) mass is 330 g/mol. The number of likely N-dealkylation sites (tertiary alicyclic amines) is 1. The quantitative estimate of drug-likeness (QED) is 0.883. The van der Waals surface area contributed by atoms with Crippen molar-refractivity contribution in [3.63, 3.8) is 0 Å². The van der Waals surface area contributed by atoms with E-state index in [9.17, 15) is 14.0 Å². The van der Waals surface area contributed by atoms with Gasteiger partial charge in [-0.25, -0.2) is 9.18 Å². The maximum absolute atomic E-state index is 13.8. The third-order valence-electron chi connectivity index (χ3n) is 4.86. The van der Waals surface area contributed by atoms with Crippen LogP contribution in [0.5, 0.6) is 0 Å². The van der Waals surface area contributed by atoms with Gasteiger partial charge in [0.2, 0.25) is 0 Å². The number of urea groups is 1. The fourth-order valence-electron chi connectivity index (χ4n) is 3.63. The van der Waals surface area contributed by atoms with Gasteiger partial charge < -0.3 is 20.1 Å². The molecule has 2 aliphatic heterocycles. The Bertz CT molecular complexity index is 803. The topological polar surface area (TPSA) is 68.4 Å². The number of fused-ring (bicyclic) bond motifs is 1. The normalized spacial score (nSPS) is 21.4. The third-order valence-corrected chi connectivity index (χ3v) is 4.86. The molecule has 0 bridgehead atoms. The molecule has 1 aromatic carbocycles. The molecule has 2 N–H and O–H groups in total. The molecule has 2 aromatic rings. The number of aromatic amines is 1. The molecule has 0 radical (unpaired) electrons. The lowest BCUT2D eigenvalue weighted by Gasteiger charge is -2.36. The van der Waals surface area contributed by atoms with E-state index in [4.69, 9.17) is 0 Å². The summed E-state index contributed by atoms with van der Waals surface area (Å²) in [6.45, 7) is 2.51. The minimum atomic E-state index is -0.340. The van der Waals surface area contributed by atoms with Gasteiger partial charge >= 0.3 is 6.03 Å². The Labute approximate surface area is 138 Å². The minimum absolute atomic E-state index is 0.0475. The lowest BCUT2D eigenvalue weighted by Crippen LogP contribution is -2.50. The second-order valence-electron chi connectivity index (χ2n) is 6.36. The number of rotatable bonds is 2. The molecule has 4 rings (SSSR count). The molecule has 2 saturated heterocycles. The van der Waals surface area contributed by atoms with Crippen LogP contribution in [0.4, 0.5) is 9.18 Å². The smallest absolute Gasteiger partial charge is 0.317 e. The van der Waals surface area contributed by atoms with E-state index in [2.05, 4.69) is 10.3 Å². The van der Waals surface area contributed by atoms with Crippen LogP contribution in [0.1, 0.15) is 23.3 Å². The molecule has 0 spiro atoms. The van der Waals surface area contributed by atoms with Gasteiger partial charge in [-0.05, 0) is 31.0 Å². The SMILES string of the molecule is O=C(c1cc2c(F)cccc2[nH]1)N1CCC[C@@H](N2CCNC2=O)C1. The number of carbonyl (C=O) groups excluding carboxylic acids is 2. The number of piperidine rings is 1. The Morgan fingerprint density at radius 2 is 2.17 bits per heavy atom. The Morgan fingerprint density at radius 1 is 1.29 bits per heavy atom. The maximum atomic E-state index is 13.8. The van der Waals surface area contributed by atoms with E-state index in [0.717, 1.165) is 12.8 Å². The van der Waals surface area contributed by atoms with Crippen molar-refractivity contribution in [2.75, 3.05) is 26.2 Å². The van der Waals surface area contributed by atoms with Gasteiger partial charge in [0.05, 0.1) is 6.04 Å². The Kier molecular flexibility index (Phi) is 3.63. The van der Waals surface area contributed by atoms with Crippen LogP contribution in [0.25, 0.3) is 10.9 Å². The minimum Gasteiger partial charge on any atom is -0.350 e. The van der Waals surface area contributed by atoms with Crippen molar-refractivity contribution in [3.05, 3.63) is 35.8 Å². The summed E-state index contributed by atoms with van der Waals surface area (Å²) in [6.07, 6.45) is 1.76. The molecule has 3 heterocycles. The molecule has 2 aliphatic rings. The largest absolute Gasteiger partial charge is 0.350 e. The highest BCUT2D eigenvalue weighted by atomic mass is 19.1. The third kappa shape index (κ3) is 2.50. The van der Waals surface area contributed by atoms with Crippen LogP contribution >= 0.6 is 0 Å². The zero-order valence-electron chi connectivity index (χ0n) is 13.2. The summed E-state index contributed by atoms with van der Waals surface area (Å²) >= 11 is 0. The predicted octanol–water partition coefficient (Wildman–Crippen LogP) is 1.94. The van der Waals surface area contributed by atoms with Crippen molar-refractivity contribution in [1.29, 1.82) is 0 Å². The van der Waals surface area contributed by atoms with Crippen molar-refractivity contribution in [1.82, 2.24) is 20.1 Å². The lowest BCUT2D eigenvalue weighted by molar-refractivity contribution is 0.0629. The van der Waals surface area contributed by atoms with Crippen LogP contribution in [0.2, 0.25) is 0 Å². The molecule has 126 valence electrons. The van der Waals surface area contributed by atoms with E-state index in [-0.39, 0.29) is 23.8 Å². The van der Waals surface area contributed by atoms with Crippen molar-refractivity contribution >= 4 is 22.8 Å². The average Bonchev–Trinajstić information content (AvgIpc) is 3.21. The second kappa shape index (κ2) is 5.81. The first-order chi connectivity index (χ1) is 11.6. The number of hydrogen-bond donors (Lipinski definition) is 2. The Hall–Kier alpha value is -2.57. The summed E-state index contributed by atoms with van der Waals surface area (Å²) in [6, 6.07) is 6.31. The molecule has 24 heavy (non-hydrogen) atoms. The summed E-state index contributed by atoms with van der Waals surface area (Å²) in [4.78, 5) is 31.2. The summed E-state index contributed by atoms with van der Waals surface area (Å²) in [7, 11) is 0. The van der Waals surface area contributed by atoms with Crippen LogP contribution in [0.3, 0.4) is 0 Å². The van der Waals surface area contributed by atoms with Crippen LogP contribution in [0.15, 0.2) is 24.3 Å². The highest BCUT2D eigenvalue weighted by Gasteiger charge is 2.33. The number of benzene rings is 1. The van der Waals surface area contributed by atoms with Crippen molar-refractivity contribution < 1.29 is 14.0 Å². The van der Waals surface area contributed by atoms with Gasteiger partial charge in [-0.15, -0.1) is 0 Å². The molecular formula is C17H19FN4O2. The predicted molar refractivity (Wildman–Crippen MR) is 87.3 cm³/mol. The van der Waals surface area contributed by atoms with Crippen molar-refractivity contribution in [2.45, 2.75) is 18.9 Å². The maximum Gasteiger partial charge on any atom is 0.317 e. The van der Waals surface area contributed by atoms with Crippen LogP contribution in [-0.2, 0) is 0 Å². The summed E-state index contributed by atoms with van der Waals surface area (Å²) in [5.74, 6) is -0.483. The fraction of sp³-hybridized carbons (Fsp3) is 0.412. The van der Waals surface area contributed by atoms with Gasteiger partial charge in [0.1, 0.15) is 11.5 Å². The van der Waals surface area contributed by atoms with E-state index in [0.29, 0.717) is 42.8 Å². The standard InChI is InChI=1S/C17H19FN4O2/c18-13-4-1-5-14-12(13)9-15(20-14)16(23)21-7-2-3-11(10-21)22-8-6-19-17(22)24/h1,4-5,9,11,20H,2-3,6-8,10H2,(H,19,24)/t11-/m1/s1. The van der Waals surface area contributed by atoms with Gasteiger partial charge in [0.15, 0.2) is 0 Å². The number of nitrogens with one attached hydrogen (secondary N) is 2. The summed E-state index contributed by atoms with van der Waals surface area (Å²) in [5, 5.41) is 3.23. The number of hydrogen-bond acceptors (Lipinski definition) is 2. The molecule has 0 unspecified atom stereocenters. The van der Waals surface area contributed by atoms with Crippen LogP contribution < -0.4 is 5.32 Å². The van der Waals surface area contributed by atoms with Gasteiger partial charge in [0, 0.05) is 37.1 Å². The van der Waals surface area contributed by atoms with Gasteiger partial charge in [-0.2, -0.15) is 0 Å². The number of aromatic nitrogens is 1. The van der Waals surface area contributed by atoms with Crippen molar-refractivity contribution in [3.8, 4) is 0 Å². The highest BCUT2D eigenvalue weighted by Crippen LogP contribution is 2.22. The van der Waals surface area contributed by atoms with Gasteiger partial charge in [-0.1, -0.05) is 6.07 Å². The molecule has 6 nitrogen and oxygen atoms in total. The number of H-pyrrole nitrogens is 1. The van der Waals surface area contributed by atoms with Gasteiger partial charge in [-0.3, -0.25) is 4.79 Å².